The van der Waals surface area contributed by atoms with E-state index in [1.165, 1.54) is 12.8 Å². The Labute approximate surface area is 123 Å². The molecule has 21 heavy (non-hydrogen) atoms. The van der Waals surface area contributed by atoms with Crippen molar-refractivity contribution in [3.8, 4) is 0 Å². The minimum absolute atomic E-state index is 0.109. The highest BCUT2D eigenvalue weighted by atomic mass is 16.4. The van der Waals surface area contributed by atoms with Crippen LogP contribution >= 0.6 is 0 Å². The molecule has 2 rings (SSSR count). The molecular formula is C15H21N3O3. The van der Waals surface area contributed by atoms with Crippen molar-refractivity contribution in [3.63, 3.8) is 0 Å². The van der Waals surface area contributed by atoms with Gasteiger partial charge in [-0.15, -0.1) is 0 Å². The number of amides is 2. The van der Waals surface area contributed by atoms with Crippen LogP contribution in [0.25, 0.3) is 0 Å². The van der Waals surface area contributed by atoms with Gasteiger partial charge in [-0.3, -0.25) is 4.79 Å². The average Bonchev–Trinajstić information content (AvgIpc) is 3.24. The minimum atomic E-state index is -0.921. The molecule has 0 aliphatic heterocycles. The molecule has 0 aromatic heterocycles. The van der Waals surface area contributed by atoms with E-state index in [9.17, 15) is 9.59 Å². The smallest absolute Gasteiger partial charge is 0.319 e. The van der Waals surface area contributed by atoms with Crippen LogP contribution in [0.15, 0.2) is 24.3 Å². The van der Waals surface area contributed by atoms with Crippen LogP contribution in [0, 0.1) is 0 Å². The van der Waals surface area contributed by atoms with Gasteiger partial charge < -0.3 is 21.1 Å². The van der Waals surface area contributed by atoms with E-state index in [-0.39, 0.29) is 12.5 Å². The zero-order chi connectivity index (χ0) is 15.1. The predicted octanol–water partition coefficient (Wildman–Crippen LogP) is 1.58. The summed E-state index contributed by atoms with van der Waals surface area (Å²) in [6.07, 6.45) is 3.28. The van der Waals surface area contributed by atoms with Crippen molar-refractivity contribution in [2.24, 2.45) is 0 Å². The number of hydrogen-bond acceptors (Lipinski definition) is 3. The molecular weight excluding hydrogens is 270 g/mol. The van der Waals surface area contributed by atoms with Crippen molar-refractivity contribution in [1.82, 2.24) is 10.6 Å². The summed E-state index contributed by atoms with van der Waals surface area (Å²) < 4.78 is 0. The van der Waals surface area contributed by atoms with E-state index < -0.39 is 5.97 Å². The Balaban J connectivity index is 1.72. The minimum Gasteiger partial charge on any atom is -0.481 e. The van der Waals surface area contributed by atoms with Gasteiger partial charge in [-0.25, -0.2) is 4.79 Å². The summed E-state index contributed by atoms with van der Waals surface area (Å²) in [6, 6.07) is 7.29. The highest BCUT2D eigenvalue weighted by Crippen LogP contribution is 2.18. The molecule has 1 aliphatic carbocycles. The van der Waals surface area contributed by atoms with Gasteiger partial charge in [0.1, 0.15) is 0 Å². The Morgan fingerprint density at radius 3 is 2.67 bits per heavy atom. The number of para-hydroxylation sites is 1. The number of urea groups is 1. The number of hydrogen-bond donors (Lipinski definition) is 4. The summed E-state index contributed by atoms with van der Waals surface area (Å²) in [6.45, 7) is 1.49. The summed E-state index contributed by atoms with van der Waals surface area (Å²) in [5.41, 5.74) is 1.13. The maximum atomic E-state index is 11.8. The van der Waals surface area contributed by atoms with Crippen molar-refractivity contribution in [2.75, 3.05) is 18.4 Å². The van der Waals surface area contributed by atoms with Crippen LogP contribution in [0.2, 0.25) is 0 Å². The lowest BCUT2D eigenvalue weighted by molar-refractivity contribution is -0.136. The van der Waals surface area contributed by atoms with E-state index in [0.29, 0.717) is 23.8 Å². The van der Waals surface area contributed by atoms with Gasteiger partial charge in [-0.1, -0.05) is 18.2 Å². The van der Waals surface area contributed by atoms with E-state index in [1.54, 1.807) is 24.3 Å². The molecule has 0 atom stereocenters. The molecule has 0 heterocycles. The molecule has 1 saturated carbocycles. The third-order valence-corrected chi connectivity index (χ3v) is 3.26. The zero-order valence-electron chi connectivity index (χ0n) is 11.9. The second-order valence-corrected chi connectivity index (χ2v) is 5.19. The van der Waals surface area contributed by atoms with Crippen LogP contribution in [-0.4, -0.2) is 36.2 Å². The fourth-order valence-corrected chi connectivity index (χ4v) is 2.01. The average molecular weight is 291 g/mol. The van der Waals surface area contributed by atoms with E-state index >= 15 is 0 Å². The third kappa shape index (κ3) is 5.83. The van der Waals surface area contributed by atoms with Crippen molar-refractivity contribution >= 4 is 17.7 Å². The van der Waals surface area contributed by atoms with Gasteiger partial charge in [0.15, 0.2) is 0 Å². The maximum absolute atomic E-state index is 11.8. The van der Waals surface area contributed by atoms with Gasteiger partial charge in [-0.2, -0.15) is 0 Å². The first-order valence-electron chi connectivity index (χ1n) is 7.23. The van der Waals surface area contributed by atoms with Gasteiger partial charge >= 0.3 is 12.0 Å². The van der Waals surface area contributed by atoms with Crippen molar-refractivity contribution < 1.29 is 14.7 Å². The number of carboxylic acids is 1. The highest BCUT2D eigenvalue weighted by molar-refractivity contribution is 5.90. The molecule has 0 unspecified atom stereocenters. The van der Waals surface area contributed by atoms with Crippen LogP contribution in [0.5, 0.6) is 0 Å². The highest BCUT2D eigenvalue weighted by Gasteiger charge is 2.19. The van der Waals surface area contributed by atoms with Gasteiger partial charge in [0, 0.05) is 18.3 Å². The summed E-state index contributed by atoms with van der Waals surface area (Å²) in [5.74, 6) is -0.921. The lowest BCUT2D eigenvalue weighted by atomic mass is 10.1. The van der Waals surface area contributed by atoms with Crippen LogP contribution in [0.1, 0.15) is 24.8 Å². The summed E-state index contributed by atoms with van der Waals surface area (Å²) >= 11 is 0. The first-order chi connectivity index (χ1) is 10.1. The van der Waals surface area contributed by atoms with Gasteiger partial charge in [0.2, 0.25) is 0 Å². The first-order valence-corrected chi connectivity index (χ1v) is 7.23. The number of rotatable bonds is 8. The SMILES string of the molecule is O=C(O)Cc1ccccc1NC(=O)NCCCNC1CC1. The number of aliphatic carboxylic acids is 1. The Kier molecular flexibility index (Phi) is 5.57. The topological polar surface area (TPSA) is 90.5 Å². The monoisotopic (exact) mass is 291 g/mol. The molecule has 6 nitrogen and oxygen atoms in total. The second-order valence-electron chi connectivity index (χ2n) is 5.19. The zero-order valence-corrected chi connectivity index (χ0v) is 11.9. The van der Waals surface area contributed by atoms with Gasteiger partial charge in [0.25, 0.3) is 0 Å². The Bertz CT molecular complexity index is 501. The molecule has 1 aliphatic rings. The number of nitrogens with one attached hydrogen (secondary N) is 3. The number of carbonyl (C=O) groups is 2. The Morgan fingerprint density at radius 1 is 1.19 bits per heavy atom. The number of benzene rings is 1. The molecule has 1 fully saturated rings. The Hall–Kier alpha value is -2.08. The third-order valence-electron chi connectivity index (χ3n) is 3.26. The number of carbonyl (C=O) groups excluding carboxylic acids is 1. The largest absolute Gasteiger partial charge is 0.481 e. The second kappa shape index (κ2) is 7.64. The summed E-state index contributed by atoms with van der Waals surface area (Å²) in [5, 5.41) is 17.7. The Morgan fingerprint density at radius 2 is 1.95 bits per heavy atom. The van der Waals surface area contributed by atoms with Crippen molar-refractivity contribution in [2.45, 2.75) is 31.7 Å². The summed E-state index contributed by atoms with van der Waals surface area (Å²) in [7, 11) is 0. The molecule has 0 bridgehead atoms. The molecule has 1 aromatic carbocycles. The predicted molar refractivity (Wildman–Crippen MR) is 80.4 cm³/mol. The van der Waals surface area contributed by atoms with Gasteiger partial charge in [-0.05, 0) is 37.4 Å². The fraction of sp³-hybridized carbons (Fsp3) is 0.467. The molecule has 1 aromatic rings. The molecule has 0 radical (unpaired) electrons. The standard InChI is InChI=1S/C15H21N3O3/c19-14(20)10-11-4-1-2-5-13(11)18-15(21)17-9-3-8-16-12-6-7-12/h1-2,4-5,12,16H,3,6-10H2,(H,19,20)(H2,17,18,21). The van der Waals surface area contributed by atoms with Crippen LogP contribution in [0.3, 0.4) is 0 Å². The molecule has 114 valence electrons. The lowest BCUT2D eigenvalue weighted by Crippen LogP contribution is -2.31. The van der Waals surface area contributed by atoms with Crippen LogP contribution in [-0.2, 0) is 11.2 Å². The molecule has 4 N–H and O–H groups in total. The molecule has 0 spiro atoms. The van der Waals surface area contributed by atoms with Crippen molar-refractivity contribution in [1.29, 1.82) is 0 Å². The number of anilines is 1. The van der Waals surface area contributed by atoms with E-state index in [1.807, 2.05) is 0 Å². The molecule has 0 saturated heterocycles. The number of carboxylic acid groups (broad SMARTS) is 1. The van der Waals surface area contributed by atoms with Gasteiger partial charge in [0.05, 0.1) is 6.42 Å². The fourth-order valence-electron chi connectivity index (χ4n) is 2.01. The quantitative estimate of drug-likeness (QED) is 0.547. The van der Waals surface area contributed by atoms with E-state index in [4.69, 9.17) is 5.11 Å². The van der Waals surface area contributed by atoms with E-state index in [2.05, 4.69) is 16.0 Å². The van der Waals surface area contributed by atoms with E-state index in [0.717, 1.165) is 13.0 Å². The molecule has 6 heteroatoms. The molecule has 2 amide bonds. The maximum Gasteiger partial charge on any atom is 0.319 e. The van der Waals surface area contributed by atoms with Crippen LogP contribution in [0.4, 0.5) is 10.5 Å². The lowest BCUT2D eigenvalue weighted by Gasteiger charge is -2.11. The van der Waals surface area contributed by atoms with Crippen LogP contribution < -0.4 is 16.0 Å². The summed E-state index contributed by atoms with van der Waals surface area (Å²) in [4.78, 5) is 22.5. The van der Waals surface area contributed by atoms with Crippen molar-refractivity contribution in [3.05, 3.63) is 29.8 Å². The normalized spacial score (nSPS) is 13.7. The first kappa shape index (κ1) is 15.3.